The van der Waals surface area contributed by atoms with Crippen molar-refractivity contribution in [1.82, 2.24) is 20.8 Å². The molecule has 144 valence electrons. The molecule has 1 unspecified atom stereocenters. The van der Waals surface area contributed by atoms with Crippen molar-refractivity contribution in [1.29, 1.82) is 0 Å². The second kappa shape index (κ2) is 7.90. The lowest BCUT2D eigenvalue weighted by Crippen LogP contribution is -2.44. The zero-order valence-corrected chi connectivity index (χ0v) is 16.4. The SMILES string of the molecule is CCNC(=NCc1noc(C(C)(C)C)n1)NCC(C)(O)c1ccc(C)o1. The van der Waals surface area contributed by atoms with Gasteiger partial charge in [0.2, 0.25) is 5.89 Å². The van der Waals surface area contributed by atoms with Gasteiger partial charge in [-0.15, -0.1) is 0 Å². The van der Waals surface area contributed by atoms with Crippen molar-refractivity contribution in [3.8, 4) is 0 Å². The molecule has 0 aromatic carbocycles. The summed E-state index contributed by atoms with van der Waals surface area (Å²) in [5, 5.41) is 20.8. The molecule has 26 heavy (non-hydrogen) atoms. The number of rotatable bonds is 6. The first-order chi connectivity index (χ1) is 12.1. The standard InChI is InChI=1S/C18H29N5O3/c1-7-19-16(20-10-14-22-15(26-23-14)17(3,4)5)21-11-18(6,24)13-9-8-12(2)25-13/h8-9,24H,7,10-11H2,1-6H3,(H2,19,20,21). The molecule has 2 rings (SSSR count). The number of aromatic nitrogens is 2. The third-order valence-corrected chi connectivity index (χ3v) is 3.70. The molecule has 8 nitrogen and oxygen atoms in total. The molecule has 0 fully saturated rings. The molecular weight excluding hydrogens is 334 g/mol. The van der Waals surface area contributed by atoms with Crippen LogP contribution in [0.5, 0.6) is 0 Å². The molecule has 0 spiro atoms. The molecule has 1 atom stereocenters. The number of guanidine groups is 1. The van der Waals surface area contributed by atoms with E-state index in [9.17, 15) is 5.11 Å². The molecule has 0 aliphatic rings. The zero-order valence-electron chi connectivity index (χ0n) is 16.4. The van der Waals surface area contributed by atoms with Crippen LogP contribution in [0.15, 0.2) is 26.1 Å². The Kier molecular flexibility index (Phi) is 6.07. The Labute approximate surface area is 154 Å². The highest BCUT2D eigenvalue weighted by atomic mass is 16.5. The lowest BCUT2D eigenvalue weighted by molar-refractivity contribution is 0.0378. The zero-order chi connectivity index (χ0) is 19.4. The third-order valence-electron chi connectivity index (χ3n) is 3.70. The van der Waals surface area contributed by atoms with Crippen molar-refractivity contribution in [2.24, 2.45) is 4.99 Å². The Morgan fingerprint density at radius 1 is 1.23 bits per heavy atom. The minimum atomic E-state index is -1.16. The Morgan fingerprint density at radius 2 is 1.96 bits per heavy atom. The van der Waals surface area contributed by atoms with Gasteiger partial charge in [-0.25, -0.2) is 4.99 Å². The van der Waals surface area contributed by atoms with Gasteiger partial charge in [0, 0.05) is 12.0 Å². The van der Waals surface area contributed by atoms with Crippen molar-refractivity contribution in [3.63, 3.8) is 0 Å². The van der Waals surface area contributed by atoms with Crippen LogP contribution in [0.2, 0.25) is 0 Å². The van der Waals surface area contributed by atoms with Crippen LogP contribution in [0.1, 0.15) is 57.9 Å². The summed E-state index contributed by atoms with van der Waals surface area (Å²) in [4.78, 5) is 8.82. The highest BCUT2D eigenvalue weighted by molar-refractivity contribution is 5.79. The highest BCUT2D eigenvalue weighted by Gasteiger charge is 2.27. The first kappa shape index (κ1) is 20.0. The summed E-state index contributed by atoms with van der Waals surface area (Å²) in [7, 11) is 0. The first-order valence-corrected chi connectivity index (χ1v) is 8.76. The lowest BCUT2D eigenvalue weighted by atomic mass is 9.97. The quantitative estimate of drug-likeness (QED) is 0.533. The van der Waals surface area contributed by atoms with Crippen molar-refractivity contribution < 1.29 is 14.0 Å². The predicted octanol–water partition coefficient (Wildman–Crippen LogP) is 2.23. The van der Waals surface area contributed by atoms with Crippen molar-refractivity contribution in [2.45, 2.75) is 59.1 Å². The van der Waals surface area contributed by atoms with Crippen LogP contribution in [0.4, 0.5) is 0 Å². The molecule has 2 aromatic rings. The predicted molar refractivity (Wildman–Crippen MR) is 98.8 cm³/mol. The molecular formula is C18H29N5O3. The van der Waals surface area contributed by atoms with Crippen LogP contribution in [0.25, 0.3) is 0 Å². The van der Waals surface area contributed by atoms with Gasteiger partial charge in [0.05, 0.1) is 6.54 Å². The van der Waals surface area contributed by atoms with E-state index in [0.717, 1.165) is 5.76 Å². The molecule has 0 saturated carbocycles. The molecule has 0 amide bonds. The maximum Gasteiger partial charge on any atom is 0.232 e. The highest BCUT2D eigenvalue weighted by Crippen LogP contribution is 2.22. The fourth-order valence-corrected chi connectivity index (χ4v) is 2.18. The number of furan rings is 1. The van der Waals surface area contributed by atoms with Crippen LogP contribution < -0.4 is 10.6 Å². The van der Waals surface area contributed by atoms with E-state index in [4.69, 9.17) is 8.94 Å². The van der Waals surface area contributed by atoms with Gasteiger partial charge in [-0.2, -0.15) is 4.98 Å². The number of hydrogen-bond donors (Lipinski definition) is 3. The van der Waals surface area contributed by atoms with Crippen LogP contribution in [-0.4, -0.2) is 34.3 Å². The van der Waals surface area contributed by atoms with Gasteiger partial charge >= 0.3 is 0 Å². The van der Waals surface area contributed by atoms with Crippen molar-refractivity contribution in [3.05, 3.63) is 35.4 Å². The van der Waals surface area contributed by atoms with E-state index in [1.807, 2.05) is 40.7 Å². The second-order valence-electron chi connectivity index (χ2n) is 7.50. The summed E-state index contributed by atoms with van der Waals surface area (Å²) in [6, 6.07) is 3.60. The summed E-state index contributed by atoms with van der Waals surface area (Å²) >= 11 is 0. The summed E-state index contributed by atoms with van der Waals surface area (Å²) < 4.78 is 10.8. The smallest absolute Gasteiger partial charge is 0.232 e. The van der Waals surface area contributed by atoms with Gasteiger partial charge < -0.3 is 24.7 Å². The second-order valence-corrected chi connectivity index (χ2v) is 7.50. The molecule has 3 N–H and O–H groups in total. The van der Waals surface area contributed by atoms with Crippen LogP contribution in [-0.2, 0) is 17.6 Å². The fourth-order valence-electron chi connectivity index (χ4n) is 2.18. The molecule has 0 bridgehead atoms. The summed E-state index contributed by atoms with van der Waals surface area (Å²) in [5.74, 6) is 2.91. The average Bonchev–Trinajstić information content (AvgIpc) is 3.19. The van der Waals surface area contributed by atoms with E-state index >= 15 is 0 Å². The monoisotopic (exact) mass is 363 g/mol. The molecule has 2 heterocycles. The first-order valence-electron chi connectivity index (χ1n) is 8.76. The maximum absolute atomic E-state index is 10.6. The molecule has 0 radical (unpaired) electrons. The van der Waals surface area contributed by atoms with Gasteiger partial charge in [-0.3, -0.25) is 0 Å². The molecule has 0 aliphatic heterocycles. The van der Waals surface area contributed by atoms with E-state index < -0.39 is 5.60 Å². The van der Waals surface area contributed by atoms with E-state index in [0.29, 0.717) is 30.0 Å². The van der Waals surface area contributed by atoms with Crippen LogP contribution in [0, 0.1) is 6.92 Å². The van der Waals surface area contributed by atoms with Crippen LogP contribution in [0.3, 0.4) is 0 Å². The Hall–Kier alpha value is -2.35. The van der Waals surface area contributed by atoms with E-state index in [-0.39, 0.29) is 18.5 Å². The van der Waals surface area contributed by atoms with Crippen molar-refractivity contribution >= 4 is 5.96 Å². The third kappa shape index (κ3) is 5.32. The number of aliphatic imine (C=N–C) groups is 1. The molecule has 2 aromatic heterocycles. The summed E-state index contributed by atoms with van der Waals surface area (Å²) in [6.45, 7) is 12.7. The Balaban J connectivity index is 2.01. The van der Waals surface area contributed by atoms with Gasteiger partial charge in [-0.05, 0) is 32.9 Å². The number of aliphatic hydroxyl groups is 1. The maximum atomic E-state index is 10.6. The minimum Gasteiger partial charge on any atom is -0.463 e. The average molecular weight is 363 g/mol. The Bertz CT molecular complexity index is 740. The molecule has 0 saturated heterocycles. The summed E-state index contributed by atoms with van der Waals surface area (Å²) in [5.41, 5.74) is -1.35. The fraction of sp³-hybridized carbons (Fsp3) is 0.611. The minimum absolute atomic E-state index is 0.197. The van der Waals surface area contributed by atoms with E-state index in [1.54, 1.807) is 13.0 Å². The normalized spacial score (nSPS) is 15.0. The van der Waals surface area contributed by atoms with Crippen molar-refractivity contribution in [2.75, 3.05) is 13.1 Å². The number of nitrogens with zero attached hydrogens (tertiary/aromatic N) is 3. The Morgan fingerprint density at radius 3 is 2.50 bits per heavy atom. The number of nitrogens with one attached hydrogen (secondary N) is 2. The lowest BCUT2D eigenvalue weighted by Gasteiger charge is -2.22. The van der Waals surface area contributed by atoms with Gasteiger partial charge in [0.1, 0.15) is 23.7 Å². The largest absolute Gasteiger partial charge is 0.463 e. The molecule has 0 aliphatic carbocycles. The van der Waals surface area contributed by atoms with E-state index in [2.05, 4.69) is 25.8 Å². The van der Waals surface area contributed by atoms with Gasteiger partial charge in [0.15, 0.2) is 11.8 Å². The van der Waals surface area contributed by atoms with Gasteiger partial charge in [0.25, 0.3) is 0 Å². The van der Waals surface area contributed by atoms with Crippen LogP contribution >= 0.6 is 0 Å². The molecule has 8 heteroatoms. The number of hydrogen-bond acceptors (Lipinski definition) is 6. The summed E-state index contributed by atoms with van der Waals surface area (Å²) in [6.07, 6.45) is 0. The number of aryl methyl sites for hydroxylation is 1. The van der Waals surface area contributed by atoms with Gasteiger partial charge in [-0.1, -0.05) is 25.9 Å². The van der Waals surface area contributed by atoms with E-state index in [1.165, 1.54) is 0 Å². The topological polar surface area (TPSA) is 109 Å².